The number of nitriles is 2. The molecular formula is C51H59BN4NaO9. The summed E-state index contributed by atoms with van der Waals surface area (Å²) in [4.78, 5) is 42.5. The molecule has 4 aliphatic rings. The number of likely N-dealkylation sites (tertiary alicyclic amines) is 2. The Morgan fingerprint density at radius 3 is 1.56 bits per heavy atom. The van der Waals surface area contributed by atoms with Crippen LogP contribution in [0.25, 0.3) is 0 Å². The minimum Gasteiger partial charge on any atom is -1.00 e. The summed E-state index contributed by atoms with van der Waals surface area (Å²) in [7, 11) is 1.00. The van der Waals surface area contributed by atoms with Crippen LogP contribution in [-0.4, -0.2) is 101 Å². The van der Waals surface area contributed by atoms with Gasteiger partial charge in [0.2, 0.25) is 0 Å². The largest absolute Gasteiger partial charge is 1.00 e. The molecule has 4 N–H and O–H groups in total. The van der Waals surface area contributed by atoms with E-state index in [1.807, 2.05) is 43.0 Å². The molecule has 341 valence electrons. The molecule has 13 nitrogen and oxygen atoms in total. The van der Waals surface area contributed by atoms with Crippen LogP contribution in [0.3, 0.4) is 0 Å². The quantitative estimate of drug-likeness (QED) is 0.218. The summed E-state index contributed by atoms with van der Waals surface area (Å²) in [5, 5.41) is 56.4. The van der Waals surface area contributed by atoms with Crippen molar-refractivity contribution in [3.63, 3.8) is 0 Å². The summed E-state index contributed by atoms with van der Waals surface area (Å²) < 4.78 is 12.5. The maximum absolute atomic E-state index is 13.1. The Morgan fingerprint density at radius 1 is 0.697 bits per heavy atom. The first-order chi connectivity index (χ1) is 30.2. The molecule has 4 aromatic rings. The molecule has 4 aliphatic heterocycles. The van der Waals surface area contributed by atoms with Crippen molar-refractivity contribution < 1.29 is 75.3 Å². The third kappa shape index (κ3) is 11.6. The van der Waals surface area contributed by atoms with Crippen molar-refractivity contribution >= 4 is 26.0 Å². The van der Waals surface area contributed by atoms with E-state index in [1.54, 1.807) is 81.1 Å². The van der Waals surface area contributed by atoms with Gasteiger partial charge >= 0.3 is 29.6 Å². The van der Waals surface area contributed by atoms with E-state index in [-0.39, 0.29) is 63.4 Å². The number of aliphatic hydroxyl groups is 4. The number of rotatable bonds is 4. The molecule has 1 atom stereocenters. The van der Waals surface area contributed by atoms with Crippen molar-refractivity contribution in [3.05, 3.63) is 128 Å². The molecule has 15 heteroatoms. The van der Waals surface area contributed by atoms with Crippen LogP contribution in [0.1, 0.15) is 144 Å². The number of benzene rings is 4. The van der Waals surface area contributed by atoms with Gasteiger partial charge < -0.3 is 41.1 Å². The summed E-state index contributed by atoms with van der Waals surface area (Å²) in [6, 6.07) is 25.0. The van der Waals surface area contributed by atoms with Gasteiger partial charge in [0, 0.05) is 90.5 Å². The molecule has 2 saturated heterocycles. The normalized spacial score (nSPS) is 17.8. The van der Waals surface area contributed by atoms with E-state index in [9.17, 15) is 29.7 Å². The number of hydrogen-bond acceptors (Lipinski definition) is 11. The van der Waals surface area contributed by atoms with Crippen LogP contribution in [0.2, 0.25) is 0 Å². The van der Waals surface area contributed by atoms with Gasteiger partial charge in [-0.25, -0.2) is 0 Å². The third-order valence-electron chi connectivity index (χ3n) is 12.8. The van der Waals surface area contributed by atoms with Gasteiger partial charge in [0.15, 0.2) is 5.78 Å². The Labute approximate surface area is 413 Å². The minimum absolute atomic E-state index is 0. The van der Waals surface area contributed by atoms with E-state index < -0.39 is 28.5 Å². The Morgan fingerprint density at radius 2 is 1.12 bits per heavy atom. The second kappa shape index (κ2) is 21.3. The Hall–Kier alpha value is -5.03. The molecule has 2 fully saturated rings. The number of ketones is 1. The zero-order valence-electron chi connectivity index (χ0n) is 40.3. The number of aryl methyl sites for hydroxylation is 2. The van der Waals surface area contributed by atoms with Crippen LogP contribution in [0.5, 0.6) is 11.5 Å². The van der Waals surface area contributed by atoms with E-state index in [0.717, 1.165) is 29.4 Å². The first kappa shape index (κ1) is 53.6. The van der Waals surface area contributed by atoms with Crippen LogP contribution in [0.15, 0.2) is 72.8 Å². The van der Waals surface area contributed by atoms with Crippen molar-refractivity contribution in [2.75, 3.05) is 33.3 Å². The van der Waals surface area contributed by atoms with Gasteiger partial charge in [0.1, 0.15) is 22.7 Å². The number of nitrogens with zero attached hydrogens (tertiary/aromatic N) is 4. The molecule has 1 unspecified atom stereocenters. The molecule has 4 heterocycles. The Bertz CT molecular complexity index is 2530. The number of piperidine rings is 2. The molecule has 8 rings (SSSR count). The van der Waals surface area contributed by atoms with Gasteiger partial charge in [-0.15, -0.1) is 0 Å². The van der Waals surface area contributed by atoms with Gasteiger partial charge in [-0.05, 0) is 124 Å². The van der Waals surface area contributed by atoms with E-state index in [2.05, 4.69) is 12.1 Å². The summed E-state index contributed by atoms with van der Waals surface area (Å²) in [6.45, 7) is 12.8. The summed E-state index contributed by atoms with van der Waals surface area (Å²) in [5.41, 5.74) is 3.63. The maximum Gasteiger partial charge on any atom is 1.00 e. The van der Waals surface area contributed by atoms with Gasteiger partial charge in [-0.2, -0.15) is 10.5 Å². The molecule has 3 radical (unpaired) electrons. The van der Waals surface area contributed by atoms with Crippen LogP contribution in [0, 0.1) is 36.5 Å². The van der Waals surface area contributed by atoms with Crippen LogP contribution < -0.4 is 39.0 Å². The van der Waals surface area contributed by atoms with Gasteiger partial charge in [-0.3, -0.25) is 14.4 Å². The van der Waals surface area contributed by atoms with Gasteiger partial charge in [0.25, 0.3) is 11.8 Å². The number of Topliss-reactive ketones (excluding diaryl/α,β-unsaturated/α-hetero) is 1. The molecule has 0 saturated carbocycles. The van der Waals surface area contributed by atoms with Crippen molar-refractivity contribution in [2.45, 2.75) is 109 Å². The number of ether oxygens (including phenoxy) is 2. The number of hydrogen-bond donors (Lipinski definition) is 4. The van der Waals surface area contributed by atoms with E-state index >= 15 is 0 Å². The zero-order chi connectivity index (χ0) is 46.8. The fraction of sp³-hybridized carbons (Fsp3) is 0.431. The predicted molar refractivity (Wildman–Crippen MR) is 246 cm³/mol. The number of amides is 2. The zero-order valence-corrected chi connectivity index (χ0v) is 41.3. The Balaban J connectivity index is 0.000000328. The fourth-order valence-electron chi connectivity index (χ4n) is 9.42. The second-order valence-electron chi connectivity index (χ2n) is 18.3. The van der Waals surface area contributed by atoms with Crippen molar-refractivity contribution in [1.82, 2.24) is 9.80 Å². The number of fused-ring (bicyclic) bond motifs is 2. The molecule has 66 heavy (non-hydrogen) atoms. The SMILES string of the molecule is CO.Cc1cc(C(=O)N2CCC3(CC2)CC(=O)c2cc(C#N)ccc2O3)ccc1C(C)(C)O.Cc1cc(C(=O)N2CCC3(CC2)CC(O)c2cc(C#N)ccc2O3)ccc1C(C)(C)O.[B].[H-].[Na+]. The fourth-order valence-corrected chi connectivity index (χ4v) is 9.42. The number of aliphatic hydroxyl groups excluding tert-OH is 2. The topological polar surface area (TPSA) is 205 Å². The van der Waals surface area contributed by atoms with Crippen molar-refractivity contribution in [3.8, 4) is 23.6 Å². The average Bonchev–Trinajstić information content (AvgIpc) is 3.26. The average molecular weight is 906 g/mol. The van der Waals surface area contributed by atoms with Crippen LogP contribution in [0.4, 0.5) is 0 Å². The van der Waals surface area contributed by atoms with E-state index in [1.165, 1.54) is 0 Å². The molecule has 0 aliphatic carbocycles. The minimum atomic E-state index is -0.960. The van der Waals surface area contributed by atoms with Crippen molar-refractivity contribution in [2.24, 2.45) is 0 Å². The molecule has 2 amide bonds. The predicted octanol–water partition coefficient (Wildman–Crippen LogP) is 3.66. The van der Waals surface area contributed by atoms with Gasteiger partial charge in [0.05, 0.1) is 52.6 Å². The van der Waals surface area contributed by atoms with Gasteiger partial charge in [-0.1, -0.05) is 12.1 Å². The number of carbonyl (C=O) groups is 3. The first-order valence-corrected chi connectivity index (χ1v) is 21.6. The molecule has 0 aromatic heterocycles. The summed E-state index contributed by atoms with van der Waals surface area (Å²) >= 11 is 0. The summed E-state index contributed by atoms with van der Waals surface area (Å²) in [6.07, 6.45) is 2.45. The molecule has 2 spiro atoms. The molecule has 4 aromatic carbocycles. The molecule has 0 bridgehead atoms. The first-order valence-electron chi connectivity index (χ1n) is 21.6. The summed E-state index contributed by atoms with van der Waals surface area (Å²) in [5.74, 6) is 1.04. The number of carbonyl (C=O) groups excluding carboxylic acids is 3. The standard InChI is InChI=1S/C25H28N2O4.C25H26N2O4.CH4O.B.Na.H/c2*1-16-12-18(5-6-20(16)24(2,3)30)23(29)27-10-8-25(9-11-27)14-21(28)19-13-17(15-26)4-7-22(19)31-25;1-2;;;/h4-7,12-13,21,28,30H,8-11,14H2,1-3H3;4-7,12-13,30H,8-11,14H2,1-3H3;2H,1H3;;;/q;;;;+1;-1. The third-order valence-corrected chi connectivity index (χ3v) is 12.8. The Kier molecular flexibility index (Phi) is 17.3. The van der Waals surface area contributed by atoms with E-state index in [4.69, 9.17) is 25.1 Å². The smallest absolute Gasteiger partial charge is 1.00 e. The van der Waals surface area contributed by atoms with Crippen molar-refractivity contribution in [1.29, 1.82) is 10.5 Å². The van der Waals surface area contributed by atoms with Crippen LogP contribution >= 0.6 is 0 Å². The monoisotopic (exact) mass is 905 g/mol. The second-order valence-corrected chi connectivity index (χ2v) is 18.3. The van der Waals surface area contributed by atoms with Crippen LogP contribution in [-0.2, 0) is 11.2 Å². The molecular weight excluding hydrogens is 846 g/mol. The van der Waals surface area contributed by atoms with E-state index in [0.29, 0.717) is 103 Å². The maximum atomic E-state index is 13.1.